The topological polar surface area (TPSA) is 71.4 Å². The number of para-hydroxylation sites is 1. The maximum absolute atomic E-state index is 12.6. The Morgan fingerprint density at radius 3 is 2.52 bits per heavy atom. The van der Waals surface area contributed by atoms with Gasteiger partial charge in [0.2, 0.25) is 10.0 Å². The summed E-state index contributed by atoms with van der Waals surface area (Å²) in [5.74, 6) is -0.0976. The van der Waals surface area contributed by atoms with Crippen molar-refractivity contribution in [1.29, 1.82) is 0 Å². The fourth-order valence-electron chi connectivity index (χ4n) is 3.12. The Morgan fingerprint density at radius 2 is 1.87 bits per heavy atom. The molecule has 0 bridgehead atoms. The van der Waals surface area contributed by atoms with Crippen LogP contribution in [-0.4, -0.2) is 48.6 Å². The highest BCUT2D eigenvalue weighted by atomic mass is 32.2. The molecule has 1 aliphatic rings. The molecule has 3 rings (SSSR count). The van der Waals surface area contributed by atoms with Crippen LogP contribution in [0.4, 0.5) is 0 Å². The molecule has 0 radical (unpaired) electrons. The normalized spacial score (nSPS) is 17.5. The van der Waals surface area contributed by atoms with Gasteiger partial charge in [-0.15, -0.1) is 0 Å². The van der Waals surface area contributed by atoms with E-state index in [0.29, 0.717) is 31.5 Å². The quantitative estimate of drug-likeness (QED) is 0.920. The molecule has 0 spiro atoms. The van der Waals surface area contributed by atoms with Gasteiger partial charge in [0.1, 0.15) is 0 Å². The Kier molecular flexibility index (Phi) is 4.16. The molecule has 1 amide bonds. The summed E-state index contributed by atoms with van der Waals surface area (Å²) in [5, 5.41) is 3.97. The van der Waals surface area contributed by atoms with Crippen molar-refractivity contribution >= 4 is 26.8 Å². The van der Waals surface area contributed by atoms with Gasteiger partial charge in [-0.2, -0.15) is 0 Å². The Bertz CT molecular complexity index is 833. The largest absolute Gasteiger partial charge is 0.350 e. The van der Waals surface area contributed by atoms with Crippen molar-refractivity contribution in [2.45, 2.75) is 18.9 Å². The minimum atomic E-state index is -3.14. The standard InChI is InChI=1S/C16H21N3O3S/c1-18-11-14(13-5-3-4-6-15(13)18)16(20)17-12-7-9-19(10-8-12)23(2,21)22/h3-6,11-12H,7-10H2,1-2H3,(H,17,20). The highest BCUT2D eigenvalue weighted by Crippen LogP contribution is 2.21. The predicted molar refractivity (Wildman–Crippen MR) is 89.8 cm³/mol. The third-order valence-corrected chi connectivity index (χ3v) is 5.70. The minimum absolute atomic E-state index is 0.0134. The first-order valence-corrected chi connectivity index (χ1v) is 9.51. The number of aryl methyl sites for hydroxylation is 1. The van der Waals surface area contributed by atoms with Crippen molar-refractivity contribution < 1.29 is 13.2 Å². The van der Waals surface area contributed by atoms with E-state index in [-0.39, 0.29) is 11.9 Å². The van der Waals surface area contributed by atoms with E-state index < -0.39 is 10.0 Å². The van der Waals surface area contributed by atoms with E-state index in [1.165, 1.54) is 10.6 Å². The molecule has 0 saturated carbocycles. The van der Waals surface area contributed by atoms with Crippen molar-refractivity contribution in [3.8, 4) is 0 Å². The molecule has 1 aliphatic heterocycles. The highest BCUT2D eigenvalue weighted by molar-refractivity contribution is 7.88. The highest BCUT2D eigenvalue weighted by Gasteiger charge is 2.26. The number of piperidine rings is 1. The number of rotatable bonds is 3. The minimum Gasteiger partial charge on any atom is -0.350 e. The van der Waals surface area contributed by atoms with E-state index in [9.17, 15) is 13.2 Å². The number of sulfonamides is 1. The zero-order chi connectivity index (χ0) is 16.6. The first-order chi connectivity index (χ1) is 10.9. The van der Waals surface area contributed by atoms with E-state index in [2.05, 4.69) is 5.32 Å². The molecule has 1 aromatic heterocycles. The molecule has 0 unspecified atom stereocenters. The number of nitrogens with one attached hydrogen (secondary N) is 1. The monoisotopic (exact) mass is 335 g/mol. The molecule has 6 nitrogen and oxygen atoms in total. The number of nitrogens with zero attached hydrogens (tertiary/aromatic N) is 2. The molecule has 124 valence electrons. The fourth-order valence-corrected chi connectivity index (χ4v) is 3.99. The first kappa shape index (κ1) is 16.0. The summed E-state index contributed by atoms with van der Waals surface area (Å²) in [6.45, 7) is 0.915. The van der Waals surface area contributed by atoms with Crippen molar-refractivity contribution in [3.63, 3.8) is 0 Å². The summed E-state index contributed by atoms with van der Waals surface area (Å²) < 4.78 is 26.5. The van der Waals surface area contributed by atoms with Gasteiger partial charge in [0.05, 0.1) is 11.8 Å². The molecular formula is C16H21N3O3S. The van der Waals surface area contributed by atoms with Crippen molar-refractivity contribution in [1.82, 2.24) is 14.2 Å². The molecule has 2 heterocycles. The van der Waals surface area contributed by atoms with Crippen LogP contribution in [0.25, 0.3) is 10.9 Å². The maximum Gasteiger partial charge on any atom is 0.253 e. The van der Waals surface area contributed by atoms with Gasteiger partial charge in [-0.1, -0.05) is 18.2 Å². The number of carbonyl (C=O) groups is 1. The van der Waals surface area contributed by atoms with Gasteiger partial charge >= 0.3 is 0 Å². The van der Waals surface area contributed by atoms with E-state index >= 15 is 0 Å². The van der Waals surface area contributed by atoms with Crippen LogP contribution in [0.1, 0.15) is 23.2 Å². The third kappa shape index (κ3) is 3.25. The van der Waals surface area contributed by atoms with Crippen LogP contribution >= 0.6 is 0 Å². The Labute approximate surface area is 136 Å². The second kappa shape index (κ2) is 5.98. The molecule has 1 fully saturated rings. The lowest BCUT2D eigenvalue weighted by Crippen LogP contribution is -2.46. The molecule has 1 aromatic carbocycles. The van der Waals surface area contributed by atoms with Crippen LogP contribution in [0.15, 0.2) is 30.5 Å². The summed E-state index contributed by atoms with van der Waals surface area (Å²) in [5.41, 5.74) is 1.68. The summed E-state index contributed by atoms with van der Waals surface area (Å²) in [7, 11) is -1.22. The number of carbonyl (C=O) groups excluding carboxylic acids is 1. The van der Waals surface area contributed by atoms with Gasteiger partial charge < -0.3 is 9.88 Å². The van der Waals surface area contributed by atoms with E-state index in [4.69, 9.17) is 0 Å². The fraction of sp³-hybridized carbons (Fsp3) is 0.438. The van der Waals surface area contributed by atoms with Crippen LogP contribution in [0.3, 0.4) is 0 Å². The van der Waals surface area contributed by atoms with E-state index in [0.717, 1.165) is 10.9 Å². The third-order valence-electron chi connectivity index (χ3n) is 4.40. The summed E-state index contributed by atoms with van der Waals surface area (Å²) >= 11 is 0. The molecular weight excluding hydrogens is 314 g/mol. The van der Waals surface area contributed by atoms with Crippen LogP contribution in [0, 0.1) is 0 Å². The summed E-state index contributed by atoms with van der Waals surface area (Å²) in [4.78, 5) is 12.6. The van der Waals surface area contributed by atoms with Gasteiger partial charge in [-0.25, -0.2) is 12.7 Å². The number of amides is 1. The van der Waals surface area contributed by atoms with Gasteiger partial charge in [0, 0.05) is 43.3 Å². The number of benzene rings is 1. The second-order valence-electron chi connectivity index (χ2n) is 6.08. The number of fused-ring (bicyclic) bond motifs is 1. The zero-order valence-corrected chi connectivity index (χ0v) is 14.1. The lowest BCUT2D eigenvalue weighted by molar-refractivity contribution is 0.0925. The lowest BCUT2D eigenvalue weighted by atomic mass is 10.1. The van der Waals surface area contributed by atoms with Crippen LogP contribution in [-0.2, 0) is 17.1 Å². The maximum atomic E-state index is 12.6. The van der Waals surface area contributed by atoms with Crippen LogP contribution < -0.4 is 5.32 Å². The van der Waals surface area contributed by atoms with E-state index in [1.54, 1.807) is 0 Å². The van der Waals surface area contributed by atoms with Gasteiger partial charge in [0.15, 0.2) is 0 Å². The molecule has 1 saturated heterocycles. The Hall–Kier alpha value is -1.86. The zero-order valence-electron chi connectivity index (χ0n) is 13.3. The molecule has 2 aromatic rings. The average molecular weight is 335 g/mol. The lowest BCUT2D eigenvalue weighted by Gasteiger charge is -2.30. The number of hydrogen-bond acceptors (Lipinski definition) is 3. The Morgan fingerprint density at radius 1 is 1.22 bits per heavy atom. The molecule has 1 N–H and O–H groups in total. The summed E-state index contributed by atoms with van der Waals surface area (Å²) in [6.07, 6.45) is 4.35. The molecule has 23 heavy (non-hydrogen) atoms. The first-order valence-electron chi connectivity index (χ1n) is 7.66. The van der Waals surface area contributed by atoms with Gasteiger partial charge in [-0.3, -0.25) is 4.79 Å². The van der Waals surface area contributed by atoms with Crippen molar-refractivity contribution in [3.05, 3.63) is 36.0 Å². The molecule has 0 atom stereocenters. The van der Waals surface area contributed by atoms with Crippen molar-refractivity contribution in [2.75, 3.05) is 19.3 Å². The SMILES string of the molecule is Cn1cc(C(=O)NC2CCN(S(C)(=O)=O)CC2)c2ccccc21. The second-order valence-corrected chi connectivity index (χ2v) is 8.06. The predicted octanol–water partition coefficient (Wildman–Crippen LogP) is 1.33. The van der Waals surface area contributed by atoms with E-state index in [1.807, 2.05) is 42.1 Å². The Balaban J connectivity index is 1.70. The van der Waals surface area contributed by atoms with Crippen LogP contribution in [0.5, 0.6) is 0 Å². The average Bonchev–Trinajstić information content (AvgIpc) is 2.85. The van der Waals surface area contributed by atoms with Crippen LogP contribution in [0.2, 0.25) is 0 Å². The number of hydrogen-bond donors (Lipinski definition) is 1. The number of aromatic nitrogens is 1. The smallest absolute Gasteiger partial charge is 0.253 e. The molecule has 7 heteroatoms. The van der Waals surface area contributed by atoms with Crippen molar-refractivity contribution in [2.24, 2.45) is 7.05 Å². The van der Waals surface area contributed by atoms with Gasteiger partial charge in [0.25, 0.3) is 5.91 Å². The molecule has 0 aliphatic carbocycles. The summed E-state index contributed by atoms with van der Waals surface area (Å²) in [6, 6.07) is 7.81. The van der Waals surface area contributed by atoms with Gasteiger partial charge in [-0.05, 0) is 18.9 Å².